The van der Waals surface area contributed by atoms with Crippen molar-refractivity contribution in [1.29, 1.82) is 0 Å². The molecule has 184 valence electrons. The van der Waals surface area contributed by atoms with Crippen LogP contribution < -0.4 is 14.8 Å². The van der Waals surface area contributed by atoms with Crippen LogP contribution in [0, 0.1) is 5.82 Å². The predicted molar refractivity (Wildman–Crippen MR) is 133 cm³/mol. The summed E-state index contributed by atoms with van der Waals surface area (Å²) in [5.74, 6) is 0.0676. The number of halogens is 2. The number of nitrogens with one attached hydrogen (secondary N) is 1. The van der Waals surface area contributed by atoms with Crippen molar-refractivity contribution in [1.82, 2.24) is 10.2 Å². The molecule has 0 saturated carbocycles. The van der Waals surface area contributed by atoms with Gasteiger partial charge in [-0.3, -0.25) is 9.59 Å². The van der Waals surface area contributed by atoms with Crippen LogP contribution in [-0.2, 0) is 22.6 Å². The lowest BCUT2D eigenvalue weighted by Crippen LogP contribution is -2.49. The third-order valence-electron chi connectivity index (χ3n) is 5.49. The summed E-state index contributed by atoms with van der Waals surface area (Å²) in [6, 6.07) is 19.5. The van der Waals surface area contributed by atoms with Crippen molar-refractivity contribution in [2.45, 2.75) is 25.9 Å². The van der Waals surface area contributed by atoms with Gasteiger partial charge in [-0.25, -0.2) is 4.39 Å². The van der Waals surface area contributed by atoms with Crippen LogP contribution in [-0.4, -0.2) is 43.0 Å². The van der Waals surface area contributed by atoms with Gasteiger partial charge in [0, 0.05) is 13.1 Å². The molecule has 1 unspecified atom stereocenters. The van der Waals surface area contributed by atoms with Crippen molar-refractivity contribution in [3.8, 4) is 11.5 Å². The Morgan fingerprint density at radius 1 is 1.00 bits per heavy atom. The molecule has 0 spiro atoms. The summed E-state index contributed by atoms with van der Waals surface area (Å²) in [4.78, 5) is 27.4. The first kappa shape index (κ1) is 26.0. The molecule has 35 heavy (non-hydrogen) atoms. The number of rotatable bonds is 11. The number of methoxy groups -OCH3 is 1. The van der Waals surface area contributed by atoms with Gasteiger partial charge in [-0.05, 0) is 60.9 Å². The predicted octanol–water partition coefficient (Wildman–Crippen LogP) is 4.64. The molecule has 3 rings (SSSR count). The van der Waals surface area contributed by atoms with Crippen LogP contribution >= 0.6 is 11.6 Å². The number of para-hydroxylation sites is 1. The Kier molecular flexibility index (Phi) is 9.49. The largest absolute Gasteiger partial charge is 0.497 e. The van der Waals surface area contributed by atoms with E-state index in [9.17, 15) is 14.0 Å². The van der Waals surface area contributed by atoms with Gasteiger partial charge in [0.05, 0.1) is 12.1 Å². The first-order valence-electron chi connectivity index (χ1n) is 11.2. The molecule has 0 aliphatic heterocycles. The van der Waals surface area contributed by atoms with Gasteiger partial charge in [-0.1, -0.05) is 48.0 Å². The van der Waals surface area contributed by atoms with E-state index >= 15 is 0 Å². The summed E-state index contributed by atoms with van der Waals surface area (Å²) in [6.07, 6.45) is 0.629. The van der Waals surface area contributed by atoms with Gasteiger partial charge in [-0.15, -0.1) is 0 Å². The third kappa shape index (κ3) is 7.72. The average molecular weight is 499 g/mol. The van der Waals surface area contributed by atoms with Crippen LogP contribution in [0.4, 0.5) is 4.39 Å². The van der Waals surface area contributed by atoms with Crippen LogP contribution in [0.3, 0.4) is 0 Å². The Labute approximate surface area is 209 Å². The Hall–Kier alpha value is -3.58. The standard InChI is InChI=1S/C27H28ClFN2O4/c1-19(27(33)30-16-15-20-9-13-23(34-2)14-10-20)31(17-21-7-11-22(29)12-8-21)26(32)18-35-25-6-4-3-5-24(25)28/h3-14,19H,15-18H2,1-2H3,(H,30,33). The Balaban J connectivity index is 1.64. The second kappa shape index (κ2) is 12.8. The van der Waals surface area contributed by atoms with Crippen molar-refractivity contribution in [2.75, 3.05) is 20.3 Å². The molecule has 8 heteroatoms. The zero-order valence-electron chi connectivity index (χ0n) is 19.7. The van der Waals surface area contributed by atoms with Crippen LogP contribution in [0.25, 0.3) is 0 Å². The van der Waals surface area contributed by atoms with E-state index in [1.54, 1.807) is 50.4 Å². The van der Waals surface area contributed by atoms with E-state index < -0.39 is 11.9 Å². The van der Waals surface area contributed by atoms with Crippen LogP contribution in [0.2, 0.25) is 5.02 Å². The molecule has 6 nitrogen and oxygen atoms in total. The summed E-state index contributed by atoms with van der Waals surface area (Å²) < 4.78 is 24.1. The lowest BCUT2D eigenvalue weighted by molar-refractivity contribution is -0.142. The number of ether oxygens (including phenoxy) is 2. The van der Waals surface area contributed by atoms with E-state index in [0.29, 0.717) is 29.3 Å². The molecule has 1 N–H and O–H groups in total. The molecule has 0 aliphatic rings. The zero-order chi connectivity index (χ0) is 25.2. The highest BCUT2D eigenvalue weighted by atomic mass is 35.5. The van der Waals surface area contributed by atoms with Crippen LogP contribution in [0.1, 0.15) is 18.1 Å². The molecule has 0 radical (unpaired) electrons. The number of benzene rings is 3. The minimum atomic E-state index is -0.779. The highest BCUT2D eigenvalue weighted by Crippen LogP contribution is 2.23. The number of hydrogen-bond acceptors (Lipinski definition) is 4. The van der Waals surface area contributed by atoms with E-state index in [4.69, 9.17) is 21.1 Å². The van der Waals surface area contributed by atoms with E-state index in [1.807, 2.05) is 24.3 Å². The van der Waals surface area contributed by atoms with Crippen LogP contribution in [0.15, 0.2) is 72.8 Å². The smallest absolute Gasteiger partial charge is 0.261 e. The lowest BCUT2D eigenvalue weighted by atomic mass is 10.1. The first-order chi connectivity index (χ1) is 16.9. The quantitative estimate of drug-likeness (QED) is 0.418. The van der Waals surface area contributed by atoms with Gasteiger partial charge >= 0.3 is 0 Å². The summed E-state index contributed by atoms with van der Waals surface area (Å²) >= 11 is 6.11. The molecule has 3 aromatic rings. The van der Waals surface area contributed by atoms with E-state index in [-0.39, 0.29) is 24.9 Å². The maximum atomic E-state index is 13.4. The fraction of sp³-hybridized carbons (Fsp3) is 0.259. The molecular weight excluding hydrogens is 471 g/mol. The van der Waals surface area contributed by atoms with Gasteiger partial charge < -0.3 is 19.7 Å². The minimum absolute atomic E-state index is 0.123. The summed E-state index contributed by atoms with van der Waals surface area (Å²) in [5.41, 5.74) is 1.74. The van der Waals surface area contributed by atoms with Crippen molar-refractivity contribution in [3.63, 3.8) is 0 Å². The Bertz CT molecular complexity index is 1120. The normalized spacial score (nSPS) is 11.4. The lowest BCUT2D eigenvalue weighted by Gasteiger charge is -2.29. The summed E-state index contributed by atoms with van der Waals surface area (Å²) in [5, 5.41) is 3.27. The van der Waals surface area contributed by atoms with Gasteiger partial charge in [-0.2, -0.15) is 0 Å². The Morgan fingerprint density at radius 3 is 2.31 bits per heavy atom. The number of carbonyl (C=O) groups excluding carboxylic acids is 2. The van der Waals surface area contributed by atoms with Gasteiger partial charge in [0.25, 0.3) is 5.91 Å². The van der Waals surface area contributed by atoms with E-state index in [1.165, 1.54) is 17.0 Å². The number of amides is 2. The first-order valence-corrected chi connectivity index (χ1v) is 11.6. The molecule has 0 fully saturated rings. The van der Waals surface area contributed by atoms with Gasteiger partial charge in [0.2, 0.25) is 5.91 Å². The molecule has 0 aliphatic carbocycles. The summed E-state index contributed by atoms with van der Waals surface area (Å²) in [7, 11) is 1.61. The SMILES string of the molecule is COc1ccc(CCNC(=O)C(C)N(Cc2ccc(F)cc2)C(=O)COc2ccccc2Cl)cc1. The fourth-order valence-electron chi connectivity index (χ4n) is 3.42. The second-order valence-corrected chi connectivity index (χ2v) is 8.34. The zero-order valence-corrected chi connectivity index (χ0v) is 20.4. The molecular formula is C27H28ClFN2O4. The fourth-order valence-corrected chi connectivity index (χ4v) is 3.61. The third-order valence-corrected chi connectivity index (χ3v) is 5.81. The van der Waals surface area contributed by atoms with E-state index in [2.05, 4.69) is 5.32 Å². The van der Waals surface area contributed by atoms with Crippen molar-refractivity contribution in [2.24, 2.45) is 0 Å². The second-order valence-electron chi connectivity index (χ2n) is 7.93. The highest BCUT2D eigenvalue weighted by molar-refractivity contribution is 6.32. The number of carbonyl (C=O) groups is 2. The van der Waals surface area contributed by atoms with Gasteiger partial charge in [0.15, 0.2) is 6.61 Å². The molecule has 0 heterocycles. The van der Waals surface area contributed by atoms with Crippen molar-refractivity contribution in [3.05, 3.63) is 94.8 Å². The average Bonchev–Trinajstić information content (AvgIpc) is 2.87. The monoisotopic (exact) mass is 498 g/mol. The molecule has 0 bridgehead atoms. The highest BCUT2D eigenvalue weighted by Gasteiger charge is 2.26. The van der Waals surface area contributed by atoms with E-state index in [0.717, 1.165) is 11.3 Å². The molecule has 0 saturated heterocycles. The van der Waals surface area contributed by atoms with Crippen molar-refractivity contribution < 1.29 is 23.5 Å². The molecule has 2 amide bonds. The molecule has 0 aromatic heterocycles. The maximum absolute atomic E-state index is 13.4. The maximum Gasteiger partial charge on any atom is 0.261 e. The van der Waals surface area contributed by atoms with Gasteiger partial charge in [0.1, 0.15) is 23.4 Å². The molecule has 3 aromatic carbocycles. The molecule has 1 atom stereocenters. The topological polar surface area (TPSA) is 67.9 Å². The summed E-state index contributed by atoms with van der Waals surface area (Å²) in [6.45, 7) is 1.89. The van der Waals surface area contributed by atoms with Crippen LogP contribution in [0.5, 0.6) is 11.5 Å². The van der Waals surface area contributed by atoms with Crippen molar-refractivity contribution >= 4 is 23.4 Å². The minimum Gasteiger partial charge on any atom is -0.497 e. The number of nitrogens with zero attached hydrogens (tertiary/aromatic N) is 1. The number of hydrogen-bond donors (Lipinski definition) is 1. The Morgan fingerprint density at radius 2 is 1.66 bits per heavy atom.